The molecule has 2 fully saturated rings. The van der Waals surface area contributed by atoms with Crippen LogP contribution in [0.3, 0.4) is 0 Å². The summed E-state index contributed by atoms with van der Waals surface area (Å²) in [5.41, 5.74) is 0.347. The molecule has 4 amide bonds. The summed E-state index contributed by atoms with van der Waals surface area (Å²) >= 11 is 0. The molecule has 2 saturated heterocycles. The lowest BCUT2D eigenvalue weighted by Crippen LogP contribution is -2.55. The van der Waals surface area contributed by atoms with Gasteiger partial charge in [0, 0.05) is 19.5 Å². The third kappa shape index (κ3) is 3.92. The van der Waals surface area contributed by atoms with Crippen molar-refractivity contribution in [3.05, 3.63) is 29.8 Å². The number of piperidine rings is 1. The van der Waals surface area contributed by atoms with Crippen LogP contribution in [0.1, 0.15) is 31.2 Å². The fraction of sp³-hybridized carbons (Fsp3) is 0.500. The first kappa shape index (κ1) is 17.3. The molecule has 25 heavy (non-hydrogen) atoms. The van der Waals surface area contributed by atoms with Crippen LogP contribution in [0.15, 0.2) is 24.3 Å². The lowest BCUT2D eigenvalue weighted by molar-refractivity contribution is -0.136. The smallest absolute Gasteiger partial charge is 0.322 e. The van der Waals surface area contributed by atoms with Crippen molar-refractivity contribution in [2.45, 2.75) is 38.1 Å². The molecule has 7 nitrogen and oxygen atoms in total. The van der Waals surface area contributed by atoms with Crippen LogP contribution in [-0.2, 0) is 9.59 Å². The second-order valence-electron chi connectivity index (χ2n) is 6.64. The average molecular weight is 345 g/mol. The SMILES string of the molecule is Cc1ccc(OCCCC(=O)N2CCC3(CC2)NC(=O)NC3=O)cc1. The number of hydrogen-bond acceptors (Lipinski definition) is 4. The van der Waals surface area contributed by atoms with Crippen LogP contribution >= 0.6 is 0 Å². The molecule has 0 atom stereocenters. The molecule has 1 aromatic carbocycles. The Morgan fingerprint density at radius 2 is 1.88 bits per heavy atom. The zero-order valence-electron chi connectivity index (χ0n) is 14.3. The molecule has 0 aliphatic carbocycles. The Labute approximate surface area is 146 Å². The van der Waals surface area contributed by atoms with E-state index < -0.39 is 11.6 Å². The van der Waals surface area contributed by atoms with Crippen LogP contribution in [0.2, 0.25) is 0 Å². The van der Waals surface area contributed by atoms with E-state index in [1.807, 2.05) is 31.2 Å². The molecular weight excluding hydrogens is 322 g/mol. The number of hydrogen-bond donors (Lipinski definition) is 2. The number of nitrogens with one attached hydrogen (secondary N) is 2. The number of urea groups is 1. The fourth-order valence-corrected chi connectivity index (χ4v) is 3.22. The van der Waals surface area contributed by atoms with Gasteiger partial charge in [0.1, 0.15) is 11.3 Å². The van der Waals surface area contributed by atoms with Crippen molar-refractivity contribution in [2.24, 2.45) is 0 Å². The van der Waals surface area contributed by atoms with Gasteiger partial charge < -0.3 is 15.0 Å². The van der Waals surface area contributed by atoms with Gasteiger partial charge in [-0.05, 0) is 38.3 Å². The van der Waals surface area contributed by atoms with Gasteiger partial charge in [-0.2, -0.15) is 0 Å². The van der Waals surface area contributed by atoms with Gasteiger partial charge in [-0.15, -0.1) is 0 Å². The van der Waals surface area contributed by atoms with Crippen LogP contribution in [0.5, 0.6) is 5.75 Å². The minimum Gasteiger partial charge on any atom is -0.494 e. The first-order valence-corrected chi connectivity index (χ1v) is 8.59. The lowest BCUT2D eigenvalue weighted by Gasteiger charge is -2.37. The summed E-state index contributed by atoms with van der Waals surface area (Å²) in [5.74, 6) is 0.587. The minimum atomic E-state index is -0.831. The summed E-state index contributed by atoms with van der Waals surface area (Å²) in [7, 11) is 0. The van der Waals surface area contributed by atoms with Gasteiger partial charge in [-0.25, -0.2) is 4.79 Å². The molecule has 1 aromatic rings. The van der Waals surface area contributed by atoms with Crippen LogP contribution < -0.4 is 15.4 Å². The molecule has 2 N–H and O–H groups in total. The summed E-state index contributed by atoms with van der Waals surface area (Å²) in [5, 5.41) is 4.97. The van der Waals surface area contributed by atoms with Gasteiger partial charge in [0.15, 0.2) is 0 Å². The van der Waals surface area contributed by atoms with Gasteiger partial charge in [0.25, 0.3) is 5.91 Å². The van der Waals surface area contributed by atoms with Crippen molar-refractivity contribution in [3.63, 3.8) is 0 Å². The number of ether oxygens (including phenoxy) is 1. The number of likely N-dealkylation sites (tertiary alicyclic amines) is 1. The highest BCUT2D eigenvalue weighted by Crippen LogP contribution is 2.25. The van der Waals surface area contributed by atoms with Crippen molar-refractivity contribution in [3.8, 4) is 5.75 Å². The number of rotatable bonds is 5. The Morgan fingerprint density at radius 3 is 2.48 bits per heavy atom. The molecule has 2 aliphatic heterocycles. The number of nitrogens with zero attached hydrogens (tertiary/aromatic N) is 1. The molecule has 1 spiro atoms. The van der Waals surface area contributed by atoms with Crippen LogP contribution in [0.25, 0.3) is 0 Å². The van der Waals surface area contributed by atoms with E-state index in [0.717, 1.165) is 5.75 Å². The van der Waals surface area contributed by atoms with E-state index in [-0.39, 0.29) is 11.8 Å². The van der Waals surface area contributed by atoms with E-state index in [1.165, 1.54) is 5.56 Å². The van der Waals surface area contributed by atoms with Crippen molar-refractivity contribution in [2.75, 3.05) is 19.7 Å². The monoisotopic (exact) mass is 345 g/mol. The predicted octanol–water partition coefficient (Wildman–Crippen LogP) is 1.35. The number of imide groups is 1. The predicted molar refractivity (Wildman–Crippen MR) is 91.1 cm³/mol. The van der Waals surface area contributed by atoms with Crippen molar-refractivity contribution in [1.82, 2.24) is 15.5 Å². The van der Waals surface area contributed by atoms with E-state index in [0.29, 0.717) is 45.4 Å². The van der Waals surface area contributed by atoms with Crippen LogP contribution in [0.4, 0.5) is 4.79 Å². The van der Waals surface area contributed by atoms with Gasteiger partial charge in [0.05, 0.1) is 6.61 Å². The number of amides is 4. The third-order valence-corrected chi connectivity index (χ3v) is 4.81. The second kappa shape index (κ2) is 7.13. The highest BCUT2D eigenvalue weighted by molar-refractivity contribution is 6.07. The van der Waals surface area contributed by atoms with E-state index in [9.17, 15) is 14.4 Å². The first-order chi connectivity index (χ1) is 12.0. The number of carbonyl (C=O) groups excluding carboxylic acids is 3. The number of carbonyl (C=O) groups is 3. The van der Waals surface area contributed by atoms with E-state index in [2.05, 4.69) is 10.6 Å². The largest absolute Gasteiger partial charge is 0.494 e. The summed E-state index contributed by atoms with van der Waals surface area (Å²) < 4.78 is 5.63. The van der Waals surface area contributed by atoms with Crippen molar-refractivity contribution < 1.29 is 19.1 Å². The lowest BCUT2D eigenvalue weighted by atomic mass is 9.87. The summed E-state index contributed by atoms with van der Waals surface area (Å²) in [6.07, 6.45) is 1.97. The van der Waals surface area contributed by atoms with Gasteiger partial charge in [-0.3, -0.25) is 14.9 Å². The zero-order valence-corrected chi connectivity index (χ0v) is 14.3. The summed E-state index contributed by atoms with van der Waals surface area (Å²) in [4.78, 5) is 37.2. The standard InChI is InChI=1S/C18H23N3O4/c1-13-4-6-14(7-5-13)25-12-2-3-15(22)21-10-8-18(9-11-21)16(23)19-17(24)20-18/h4-7H,2-3,8-12H2,1H3,(H2,19,20,23,24). The molecule has 2 heterocycles. The number of benzene rings is 1. The molecule has 0 unspecified atom stereocenters. The quantitative estimate of drug-likeness (QED) is 0.623. The fourth-order valence-electron chi connectivity index (χ4n) is 3.22. The van der Waals surface area contributed by atoms with Gasteiger partial charge in [0.2, 0.25) is 5.91 Å². The molecule has 2 aliphatic rings. The molecular formula is C18H23N3O4. The molecule has 134 valence electrons. The summed E-state index contributed by atoms with van der Waals surface area (Å²) in [6.45, 7) is 3.47. The van der Waals surface area contributed by atoms with E-state index in [1.54, 1.807) is 4.90 Å². The maximum Gasteiger partial charge on any atom is 0.322 e. The molecule has 3 rings (SSSR count). The molecule has 0 radical (unpaired) electrons. The Balaban J connectivity index is 1.39. The van der Waals surface area contributed by atoms with Gasteiger partial charge in [-0.1, -0.05) is 17.7 Å². The molecule has 7 heteroatoms. The maximum atomic E-state index is 12.3. The number of aryl methyl sites for hydroxylation is 1. The van der Waals surface area contributed by atoms with E-state index >= 15 is 0 Å². The molecule has 0 saturated carbocycles. The topological polar surface area (TPSA) is 87.7 Å². The van der Waals surface area contributed by atoms with Crippen LogP contribution in [-0.4, -0.2) is 48.0 Å². The molecule has 0 bridgehead atoms. The van der Waals surface area contributed by atoms with Crippen molar-refractivity contribution in [1.29, 1.82) is 0 Å². The Hall–Kier alpha value is -2.57. The van der Waals surface area contributed by atoms with Crippen molar-refractivity contribution >= 4 is 17.8 Å². The normalized spacial score (nSPS) is 18.8. The second-order valence-corrected chi connectivity index (χ2v) is 6.64. The highest BCUT2D eigenvalue weighted by Gasteiger charge is 2.48. The Bertz CT molecular complexity index is 663. The average Bonchev–Trinajstić information content (AvgIpc) is 2.87. The van der Waals surface area contributed by atoms with Gasteiger partial charge >= 0.3 is 6.03 Å². The third-order valence-electron chi connectivity index (χ3n) is 4.81. The minimum absolute atomic E-state index is 0.0621. The first-order valence-electron chi connectivity index (χ1n) is 8.59. The summed E-state index contributed by atoms with van der Waals surface area (Å²) in [6, 6.07) is 7.37. The molecule has 0 aromatic heterocycles. The van der Waals surface area contributed by atoms with E-state index in [4.69, 9.17) is 4.74 Å². The van der Waals surface area contributed by atoms with Crippen LogP contribution in [0, 0.1) is 6.92 Å². The zero-order chi connectivity index (χ0) is 17.9. The maximum absolute atomic E-state index is 12.3. The Morgan fingerprint density at radius 1 is 1.20 bits per heavy atom. The highest BCUT2D eigenvalue weighted by atomic mass is 16.5. The Kier molecular flexibility index (Phi) is 4.92.